The van der Waals surface area contributed by atoms with Gasteiger partial charge in [0.1, 0.15) is 0 Å². The van der Waals surface area contributed by atoms with Gasteiger partial charge < -0.3 is 20.6 Å². The van der Waals surface area contributed by atoms with Gasteiger partial charge in [0, 0.05) is 0 Å². The van der Waals surface area contributed by atoms with Crippen LogP contribution in [0.25, 0.3) is 0 Å². The number of carbonyl (C=O) groups is 1. The van der Waals surface area contributed by atoms with Crippen molar-refractivity contribution in [1.29, 1.82) is 0 Å². The molecule has 0 spiro atoms. The monoisotopic (exact) mass is 648 g/mol. The summed E-state index contributed by atoms with van der Waals surface area (Å²) in [5.74, 6) is -0.330. The van der Waals surface area contributed by atoms with E-state index in [1.165, 1.54) is 128 Å². The number of aliphatic hydroxyl groups is 3. The Bertz CT molecular complexity index is 719. The average molecular weight is 648 g/mol. The summed E-state index contributed by atoms with van der Waals surface area (Å²) in [6, 6.07) is -0.764. The van der Waals surface area contributed by atoms with Gasteiger partial charge >= 0.3 is 0 Å². The van der Waals surface area contributed by atoms with Crippen LogP contribution in [0.15, 0.2) is 36.5 Å². The van der Waals surface area contributed by atoms with Crippen molar-refractivity contribution in [3.05, 3.63) is 36.5 Å². The fourth-order valence-corrected chi connectivity index (χ4v) is 5.84. The zero-order chi connectivity index (χ0) is 33.8. The van der Waals surface area contributed by atoms with E-state index in [9.17, 15) is 20.1 Å². The summed E-state index contributed by atoms with van der Waals surface area (Å²) < 4.78 is 0. The minimum atomic E-state index is -0.956. The smallest absolute Gasteiger partial charge is 0.222 e. The van der Waals surface area contributed by atoms with E-state index in [1.54, 1.807) is 6.08 Å². The molecule has 0 fully saturated rings. The molecule has 0 saturated carbocycles. The lowest BCUT2D eigenvalue weighted by Crippen LogP contribution is -2.45. The Kier molecular flexibility index (Phi) is 35.3. The van der Waals surface area contributed by atoms with Crippen LogP contribution in [0.1, 0.15) is 194 Å². The number of amides is 1. The Hall–Kier alpha value is -1.43. The van der Waals surface area contributed by atoms with Crippen LogP contribution in [-0.2, 0) is 4.79 Å². The summed E-state index contributed by atoms with van der Waals surface area (Å²) in [6.07, 6.45) is 44.1. The molecule has 0 aromatic carbocycles. The lowest BCUT2D eigenvalue weighted by atomic mass is 10.0. The summed E-state index contributed by atoms with van der Waals surface area (Å²) in [7, 11) is 0. The van der Waals surface area contributed by atoms with Crippen LogP contribution in [0.2, 0.25) is 0 Å². The van der Waals surface area contributed by atoms with Gasteiger partial charge in [0.25, 0.3) is 0 Å². The number of hydrogen-bond donors (Lipinski definition) is 4. The third-order valence-corrected chi connectivity index (χ3v) is 8.91. The van der Waals surface area contributed by atoms with Crippen molar-refractivity contribution in [3.8, 4) is 0 Å². The molecule has 3 unspecified atom stereocenters. The molecule has 1 amide bonds. The van der Waals surface area contributed by atoms with E-state index in [1.807, 2.05) is 6.08 Å². The predicted molar refractivity (Wildman–Crippen MR) is 199 cm³/mol. The standard InChI is InChI=1S/C41H77NO4/c1-3-5-7-9-11-13-15-17-19-21-23-25-27-29-31-33-35-40(45)39(37-43)42-41(46)36-38(44)34-32-30-28-26-24-22-20-18-16-14-12-10-8-6-4-2/h17,19,25,27,33,35,38-40,43-45H,3-16,18,20-24,26,28-32,34,36-37H2,1-2H3,(H,42,46)/b19-17+,27-25+,35-33+. The first-order chi connectivity index (χ1) is 22.5. The Balaban J connectivity index is 3.78. The summed E-state index contributed by atoms with van der Waals surface area (Å²) in [4.78, 5) is 12.4. The van der Waals surface area contributed by atoms with Gasteiger partial charge in [0.2, 0.25) is 5.91 Å². The molecule has 0 aliphatic rings. The van der Waals surface area contributed by atoms with E-state index in [0.29, 0.717) is 6.42 Å². The van der Waals surface area contributed by atoms with E-state index in [0.717, 1.165) is 38.5 Å². The number of hydrogen-bond acceptors (Lipinski definition) is 4. The molecular weight excluding hydrogens is 570 g/mol. The molecule has 0 aromatic rings. The van der Waals surface area contributed by atoms with Crippen molar-refractivity contribution in [2.24, 2.45) is 0 Å². The molecule has 270 valence electrons. The first-order valence-corrected chi connectivity index (χ1v) is 19.8. The molecule has 5 heteroatoms. The van der Waals surface area contributed by atoms with Crippen LogP contribution in [-0.4, -0.2) is 46.1 Å². The molecule has 5 nitrogen and oxygen atoms in total. The zero-order valence-electron chi connectivity index (χ0n) is 30.5. The number of allylic oxidation sites excluding steroid dienone is 5. The second-order valence-corrected chi connectivity index (χ2v) is 13.5. The molecule has 0 radical (unpaired) electrons. The highest BCUT2D eigenvalue weighted by Crippen LogP contribution is 2.15. The van der Waals surface area contributed by atoms with Gasteiger partial charge in [0.15, 0.2) is 0 Å². The fraction of sp³-hybridized carbons (Fsp3) is 0.829. The Labute approximate surface area is 285 Å². The highest BCUT2D eigenvalue weighted by atomic mass is 16.3. The molecule has 0 rings (SSSR count). The SMILES string of the molecule is CCCCCCCC/C=C/CC/C=C/CC/C=C/C(O)C(CO)NC(=O)CC(O)CCCCCCCCCCCCCCCCC. The van der Waals surface area contributed by atoms with Crippen LogP contribution < -0.4 is 5.32 Å². The number of unbranched alkanes of at least 4 members (excludes halogenated alkanes) is 22. The number of rotatable bonds is 35. The molecule has 0 aliphatic heterocycles. The van der Waals surface area contributed by atoms with Gasteiger partial charge in [-0.25, -0.2) is 0 Å². The quantitative estimate of drug-likeness (QED) is 0.0407. The largest absolute Gasteiger partial charge is 0.394 e. The third-order valence-electron chi connectivity index (χ3n) is 8.91. The van der Waals surface area contributed by atoms with E-state index in [2.05, 4.69) is 43.5 Å². The molecule has 46 heavy (non-hydrogen) atoms. The summed E-state index contributed by atoms with van der Waals surface area (Å²) >= 11 is 0. The van der Waals surface area contributed by atoms with Crippen LogP contribution in [0.3, 0.4) is 0 Å². The molecule has 0 bridgehead atoms. The van der Waals surface area contributed by atoms with Gasteiger partial charge in [-0.2, -0.15) is 0 Å². The van der Waals surface area contributed by atoms with Crippen LogP contribution in [0.5, 0.6) is 0 Å². The van der Waals surface area contributed by atoms with Gasteiger partial charge in [-0.1, -0.05) is 179 Å². The average Bonchev–Trinajstić information content (AvgIpc) is 3.05. The van der Waals surface area contributed by atoms with Crippen LogP contribution in [0.4, 0.5) is 0 Å². The maximum absolute atomic E-state index is 12.4. The predicted octanol–water partition coefficient (Wildman–Crippen LogP) is 10.8. The third kappa shape index (κ3) is 32.5. The van der Waals surface area contributed by atoms with E-state index < -0.39 is 18.2 Å². The van der Waals surface area contributed by atoms with Crippen LogP contribution in [0, 0.1) is 0 Å². The van der Waals surface area contributed by atoms with Gasteiger partial charge in [-0.3, -0.25) is 4.79 Å². The molecule has 0 saturated heterocycles. The molecule has 0 aliphatic carbocycles. The maximum Gasteiger partial charge on any atom is 0.222 e. The normalized spacial score (nSPS) is 14.1. The lowest BCUT2D eigenvalue weighted by Gasteiger charge is -2.21. The van der Waals surface area contributed by atoms with E-state index in [-0.39, 0.29) is 18.9 Å². The van der Waals surface area contributed by atoms with Gasteiger partial charge in [-0.05, 0) is 44.9 Å². The Morgan fingerprint density at radius 3 is 1.39 bits per heavy atom. The fourth-order valence-electron chi connectivity index (χ4n) is 5.84. The summed E-state index contributed by atoms with van der Waals surface area (Å²) in [5.41, 5.74) is 0. The second-order valence-electron chi connectivity index (χ2n) is 13.5. The molecule has 4 N–H and O–H groups in total. The summed E-state index contributed by atoms with van der Waals surface area (Å²) in [5, 5.41) is 33.1. The van der Waals surface area contributed by atoms with Crippen LogP contribution >= 0.6 is 0 Å². The first-order valence-electron chi connectivity index (χ1n) is 19.8. The summed E-state index contributed by atoms with van der Waals surface area (Å²) in [6.45, 7) is 4.18. The topological polar surface area (TPSA) is 89.8 Å². The van der Waals surface area contributed by atoms with Crippen molar-refractivity contribution in [2.75, 3.05) is 6.61 Å². The Morgan fingerprint density at radius 1 is 0.543 bits per heavy atom. The highest BCUT2D eigenvalue weighted by Gasteiger charge is 2.20. The zero-order valence-corrected chi connectivity index (χ0v) is 30.5. The van der Waals surface area contributed by atoms with Crippen molar-refractivity contribution in [3.63, 3.8) is 0 Å². The van der Waals surface area contributed by atoms with Crippen molar-refractivity contribution in [1.82, 2.24) is 5.32 Å². The van der Waals surface area contributed by atoms with E-state index >= 15 is 0 Å². The highest BCUT2D eigenvalue weighted by molar-refractivity contribution is 5.76. The molecule has 0 aromatic heterocycles. The minimum absolute atomic E-state index is 0.00453. The van der Waals surface area contributed by atoms with E-state index in [4.69, 9.17) is 0 Å². The van der Waals surface area contributed by atoms with Crippen molar-refractivity contribution in [2.45, 2.75) is 212 Å². The lowest BCUT2D eigenvalue weighted by molar-refractivity contribution is -0.124. The van der Waals surface area contributed by atoms with Crippen molar-refractivity contribution < 1.29 is 20.1 Å². The Morgan fingerprint density at radius 2 is 0.935 bits per heavy atom. The maximum atomic E-state index is 12.4. The second kappa shape index (κ2) is 36.4. The minimum Gasteiger partial charge on any atom is -0.394 e. The molecular formula is C41H77NO4. The number of nitrogens with one attached hydrogen (secondary N) is 1. The van der Waals surface area contributed by atoms with Gasteiger partial charge in [-0.15, -0.1) is 0 Å². The van der Waals surface area contributed by atoms with Gasteiger partial charge in [0.05, 0.1) is 31.3 Å². The van der Waals surface area contributed by atoms with Crippen molar-refractivity contribution >= 4 is 5.91 Å². The first kappa shape index (κ1) is 44.6. The molecule has 0 heterocycles. The number of carbonyl (C=O) groups excluding carboxylic acids is 1. The number of aliphatic hydroxyl groups excluding tert-OH is 3. The molecule has 3 atom stereocenters.